The van der Waals surface area contributed by atoms with E-state index in [0.717, 1.165) is 12.8 Å². The maximum absolute atomic E-state index is 13.6. The van der Waals surface area contributed by atoms with Gasteiger partial charge in [0.05, 0.1) is 33.1 Å². The van der Waals surface area contributed by atoms with Gasteiger partial charge < -0.3 is 10.1 Å². The molecule has 0 radical (unpaired) electrons. The summed E-state index contributed by atoms with van der Waals surface area (Å²) in [5, 5.41) is 3.21. The fraction of sp³-hybridized carbons (Fsp3) is 0.267. The normalized spacial score (nSPS) is 25.1. The molecule has 39 heavy (non-hydrogen) atoms. The Kier molecular flexibility index (Phi) is 6.65. The maximum atomic E-state index is 13.6. The summed E-state index contributed by atoms with van der Waals surface area (Å²) in [6.07, 6.45) is 1.79. The van der Waals surface area contributed by atoms with Crippen LogP contribution in [-0.2, 0) is 19.1 Å². The Bertz CT molecular complexity index is 1490. The molecular formula is C30H24Cl2N2O5. The number of hydrogen-bond donors (Lipinski definition) is 1. The lowest BCUT2D eigenvalue weighted by molar-refractivity contribution is -0.123. The first-order chi connectivity index (χ1) is 18.8. The molecule has 7 nitrogen and oxygen atoms in total. The number of rotatable bonds is 6. The highest BCUT2D eigenvalue weighted by Crippen LogP contribution is 2.61. The van der Waals surface area contributed by atoms with E-state index in [2.05, 4.69) is 17.4 Å². The van der Waals surface area contributed by atoms with E-state index in [4.69, 9.17) is 27.9 Å². The zero-order valence-electron chi connectivity index (χ0n) is 20.7. The number of imide groups is 1. The number of hydrogen-bond acceptors (Lipinski definition) is 5. The summed E-state index contributed by atoms with van der Waals surface area (Å²) in [6.45, 7) is -0.529. The zero-order chi connectivity index (χ0) is 27.3. The molecule has 3 fully saturated rings. The summed E-state index contributed by atoms with van der Waals surface area (Å²) in [6, 6.07) is 21.0. The number of anilines is 2. The second kappa shape index (κ2) is 10.1. The molecule has 1 saturated heterocycles. The van der Waals surface area contributed by atoms with Crippen LogP contribution in [-0.4, -0.2) is 30.3 Å². The molecule has 0 aromatic heterocycles. The van der Waals surface area contributed by atoms with Gasteiger partial charge in [0.2, 0.25) is 11.8 Å². The zero-order valence-corrected chi connectivity index (χ0v) is 22.2. The van der Waals surface area contributed by atoms with E-state index < -0.39 is 18.5 Å². The number of nitrogens with one attached hydrogen (secondary N) is 1. The first-order valence-corrected chi connectivity index (χ1v) is 13.5. The fourth-order valence-corrected chi connectivity index (χ4v) is 6.85. The van der Waals surface area contributed by atoms with Crippen molar-refractivity contribution in [3.05, 3.63) is 94.0 Å². The van der Waals surface area contributed by atoms with Gasteiger partial charge in [0.25, 0.3) is 5.91 Å². The highest BCUT2D eigenvalue weighted by atomic mass is 35.5. The third-order valence-electron chi connectivity index (χ3n) is 8.12. The molecule has 9 heteroatoms. The van der Waals surface area contributed by atoms with Crippen molar-refractivity contribution in [1.82, 2.24) is 0 Å². The number of carbonyl (C=O) groups is 4. The van der Waals surface area contributed by atoms with Gasteiger partial charge in [-0.25, -0.2) is 4.79 Å². The molecule has 3 aromatic carbocycles. The first-order valence-electron chi connectivity index (χ1n) is 12.8. The number of fused-ring (bicyclic) bond motifs is 5. The predicted molar refractivity (Wildman–Crippen MR) is 147 cm³/mol. The van der Waals surface area contributed by atoms with Crippen LogP contribution < -0.4 is 10.2 Å². The Balaban J connectivity index is 1.13. The fourth-order valence-electron chi connectivity index (χ4n) is 6.55. The Morgan fingerprint density at radius 2 is 1.64 bits per heavy atom. The summed E-state index contributed by atoms with van der Waals surface area (Å²) in [4.78, 5) is 53.3. The second-order valence-corrected chi connectivity index (χ2v) is 11.1. The van der Waals surface area contributed by atoms with Gasteiger partial charge in [-0.1, -0.05) is 59.6 Å². The van der Waals surface area contributed by atoms with Crippen molar-refractivity contribution in [3.63, 3.8) is 0 Å². The third kappa shape index (κ3) is 4.60. The largest absolute Gasteiger partial charge is 0.452 e. The van der Waals surface area contributed by atoms with Crippen molar-refractivity contribution in [3.8, 4) is 0 Å². The molecule has 1 aliphatic heterocycles. The summed E-state index contributed by atoms with van der Waals surface area (Å²) in [7, 11) is 0. The average molecular weight is 563 g/mol. The molecule has 5 atom stereocenters. The van der Waals surface area contributed by atoms with Crippen LogP contribution in [0.25, 0.3) is 0 Å². The number of nitrogens with zero attached hydrogens (tertiary/aromatic N) is 1. The van der Waals surface area contributed by atoms with Crippen LogP contribution in [0, 0.1) is 23.7 Å². The Labute approximate surface area is 235 Å². The highest BCUT2D eigenvalue weighted by Gasteiger charge is 2.64. The van der Waals surface area contributed by atoms with Gasteiger partial charge in [-0.3, -0.25) is 19.3 Å². The molecule has 2 saturated carbocycles. The van der Waals surface area contributed by atoms with Crippen molar-refractivity contribution in [2.24, 2.45) is 23.7 Å². The quantitative estimate of drug-likeness (QED) is 0.306. The van der Waals surface area contributed by atoms with Gasteiger partial charge in [-0.2, -0.15) is 0 Å². The molecule has 198 valence electrons. The van der Waals surface area contributed by atoms with Crippen molar-refractivity contribution in [2.45, 2.75) is 18.8 Å². The third-order valence-corrected chi connectivity index (χ3v) is 8.86. The van der Waals surface area contributed by atoms with Gasteiger partial charge in [0.1, 0.15) is 0 Å². The van der Waals surface area contributed by atoms with Crippen molar-refractivity contribution in [2.75, 3.05) is 16.8 Å². The number of esters is 1. The van der Waals surface area contributed by atoms with E-state index in [1.54, 1.807) is 24.3 Å². The summed E-state index contributed by atoms with van der Waals surface area (Å²) < 4.78 is 5.17. The van der Waals surface area contributed by atoms with Gasteiger partial charge in [-0.15, -0.1) is 0 Å². The molecule has 3 amide bonds. The molecule has 3 aliphatic rings. The van der Waals surface area contributed by atoms with E-state index in [9.17, 15) is 19.2 Å². The molecule has 1 N–H and O–H groups in total. The minimum atomic E-state index is -0.746. The van der Waals surface area contributed by atoms with Crippen molar-refractivity contribution < 1.29 is 23.9 Å². The van der Waals surface area contributed by atoms with E-state index in [-0.39, 0.29) is 52.0 Å². The van der Waals surface area contributed by atoms with E-state index in [0.29, 0.717) is 16.4 Å². The number of carbonyl (C=O) groups excluding carboxylic acids is 4. The maximum Gasteiger partial charge on any atom is 0.338 e. The Morgan fingerprint density at radius 1 is 0.872 bits per heavy atom. The molecule has 1 heterocycles. The average Bonchev–Trinajstić information content (AvgIpc) is 3.61. The summed E-state index contributed by atoms with van der Waals surface area (Å²) in [5.41, 5.74) is 2.10. The monoisotopic (exact) mass is 562 g/mol. The molecular weight excluding hydrogens is 539 g/mol. The molecule has 2 aliphatic carbocycles. The lowest BCUT2D eigenvalue weighted by Gasteiger charge is -2.28. The van der Waals surface area contributed by atoms with Gasteiger partial charge >= 0.3 is 5.97 Å². The van der Waals surface area contributed by atoms with Gasteiger partial charge in [0.15, 0.2) is 6.61 Å². The minimum absolute atomic E-state index is 0.131. The lowest BCUT2D eigenvalue weighted by Crippen LogP contribution is -2.33. The number of ether oxygens (including phenoxy) is 1. The molecule has 3 aromatic rings. The number of amides is 3. The van der Waals surface area contributed by atoms with Crippen LogP contribution in [0.3, 0.4) is 0 Å². The van der Waals surface area contributed by atoms with Crippen LogP contribution in [0.4, 0.5) is 11.4 Å². The van der Waals surface area contributed by atoms with E-state index >= 15 is 0 Å². The smallest absolute Gasteiger partial charge is 0.338 e. The Hall–Kier alpha value is -3.68. The van der Waals surface area contributed by atoms with Crippen LogP contribution >= 0.6 is 23.2 Å². The van der Waals surface area contributed by atoms with Gasteiger partial charge in [0, 0.05) is 5.69 Å². The molecule has 0 spiro atoms. The standard InChI is InChI=1S/C30H24Cl2N2O5/c31-23-10-9-19(14-24(23)32)33-25(35)15-39-30(38)17-7-4-8-20(11-17)34-28(36)26-18-12-21(16-5-2-1-3-6-16)22(13-18)27(26)29(34)37/h1-11,14,18,21-22,26-27H,12-13,15H2,(H,33,35)/t18-,21-,22+,26+,27-/m0/s1. The Morgan fingerprint density at radius 3 is 2.41 bits per heavy atom. The summed E-state index contributed by atoms with van der Waals surface area (Å²) >= 11 is 11.8. The first kappa shape index (κ1) is 25.6. The SMILES string of the molecule is O=C(COC(=O)c1cccc(N2C(=O)[C@@H]3[C@@H]4C[C@@H]([C@@H]3C2=O)[C@H](c2ccccc2)C4)c1)Nc1ccc(Cl)c(Cl)c1. The lowest BCUT2D eigenvalue weighted by atomic mass is 9.73. The number of benzene rings is 3. The number of halogens is 2. The highest BCUT2D eigenvalue weighted by molar-refractivity contribution is 6.42. The van der Waals surface area contributed by atoms with Crippen molar-refractivity contribution >= 4 is 58.3 Å². The predicted octanol–water partition coefficient (Wildman–Crippen LogP) is 5.72. The van der Waals surface area contributed by atoms with Crippen LogP contribution in [0.2, 0.25) is 10.0 Å². The molecule has 0 unspecified atom stereocenters. The van der Waals surface area contributed by atoms with Crippen molar-refractivity contribution in [1.29, 1.82) is 0 Å². The second-order valence-electron chi connectivity index (χ2n) is 10.3. The van der Waals surface area contributed by atoms with Crippen LogP contribution in [0.5, 0.6) is 0 Å². The molecule has 6 rings (SSSR count). The van der Waals surface area contributed by atoms with Crippen LogP contribution in [0.15, 0.2) is 72.8 Å². The van der Waals surface area contributed by atoms with Crippen LogP contribution in [0.1, 0.15) is 34.7 Å². The van der Waals surface area contributed by atoms with Gasteiger partial charge in [-0.05, 0) is 72.6 Å². The van der Waals surface area contributed by atoms with E-state index in [1.807, 2.05) is 18.2 Å². The van der Waals surface area contributed by atoms with E-state index in [1.165, 1.54) is 28.7 Å². The molecule has 2 bridgehead atoms. The topological polar surface area (TPSA) is 92.8 Å². The summed E-state index contributed by atoms with van der Waals surface area (Å²) in [5.74, 6) is -1.79. The minimum Gasteiger partial charge on any atom is -0.452 e.